The van der Waals surface area contributed by atoms with E-state index >= 15 is 0 Å². The van der Waals surface area contributed by atoms with Crippen molar-refractivity contribution in [1.82, 2.24) is 35.4 Å². The number of aryl methyl sites for hydroxylation is 1. The molecule has 396 valence electrons. The first-order valence-corrected chi connectivity index (χ1v) is 28.1. The van der Waals surface area contributed by atoms with Crippen LogP contribution in [-0.4, -0.2) is 134 Å². The smallest absolute Gasteiger partial charge is 0.246 e. The molecule has 2 aromatic heterocycles. The number of nitrogens with one attached hydrogen (secondary N) is 4. The maximum Gasteiger partial charge on any atom is 0.246 e. The van der Waals surface area contributed by atoms with E-state index < -0.39 is 33.6 Å². The zero-order chi connectivity index (χ0) is 53.0. The molecule has 8 rings (SSSR count). The average molecular weight is 1070 g/mol. The number of ether oxygens (including phenoxy) is 1. The van der Waals surface area contributed by atoms with E-state index in [0.717, 1.165) is 85.5 Å². The molecule has 18 nitrogen and oxygen atoms in total. The van der Waals surface area contributed by atoms with Crippen LogP contribution in [0.4, 0.5) is 34.5 Å². The number of sulfonamides is 1. The summed E-state index contributed by atoms with van der Waals surface area (Å²) >= 11 is 8.09. The number of methoxy groups -OCH3 is 1. The van der Waals surface area contributed by atoms with E-state index in [1.165, 1.54) is 17.5 Å². The highest BCUT2D eigenvalue weighted by Crippen LogP contribution is 2.43. The summed E-state index contributed by atoms with van der Waals surface area (Å²) in [5, 5.41) is 23.4. The van der Waals surface area contributed by atoms with Gasteiger partial charge in [0.25, 0.3) is 0 Å². The van der Waals surface area contributed by atoms with E-state index in [-0.39, 0.29) is 65.9 Å². The van der Waals surface area contributed by atoms with Gasteiger partial charge in [-0.2, -0.15) is 4.98 Å². The van der Waals surface area contributed by atoms with Crippen LogP contribution in [0, 0.1) is 17.8 Å². The Kier molecular flexibility index (Phi) is 16.7. The number of anilines is 6. The molecule has 5 N–H and O–H groups in total. The zero-order valence-corrected chi connectivity index (χ0v) is 45.5. The molecule has 3 amide bonds. The van der Waals surface area contributed by atoms with Gasteiger partial charge in [0.1, 0.15) is 16.8 Å². The summed E-state index contributed by atoms with van der Waals surface area (Å²) in [7, 11) is -0.434. The maximum absolute atomic E-state index is 14.3. The first-order chi connectivity index (χ1) is 35.2. The van der Waals surface area contributed by atoms with Gasteiger partial charge in [-0.05, 0) is 98.3 Å². The molecule has 3 atom stereocenters. The fraction of sp³-hybridized carbons (Fsp3) is 0.472. The van der Waals surface area contributed by atoms with E-state index in [9.17, 15) is 27.9 Å². The number of likely N-dealkylation sites (tertiary alicyclic amines) is 2. The molecular formula is C53H68ClN11O7S2. The molecular weight excluding hydrogens is 1000 g/mol. The lowest BCUT2D eigenvalue weighted by Gasteiger charge is -2.47. The van der Waals surface area contributed by atoms with E-state index in [1.54, 1.807) is 47.6 Å². The van der Waals surface area contributed by atoms with Gasteiger partial charge < -0.3 is 40.9 Å². The molecule has 0 radical (unpaired) electrons. The number of aromatic nitrogens is 3. The third kappa shape index (κ3) is 13.1. The zero-order valence-electron chi connectivity index (χ0n) is 43.2. The number of β-amino-alcohol motifs (C(OH)–C–C–N with tert-alkyl or cyclic N) is 1. The third-order valence-corrected chi connectivity index (χ3v) is 17.1. The fourth-order valence-electron chi connectivity index (χ4n) is 10.1. The number of carbonyl (C=O) groups excluding carboxylic acids is 3. The van der Waals surface area contributed by atoms with Crippen LogP contribution in [0.15, 0.2) is 78.4 Å². The monoisotopic (exact) mass is 1070 g/mol. The van der Waals surface area contributed by atoms with Gasteiger partial charge in [0.05, 0.1) is 65.4 Å². The lowest BCUT2D eigenvalue weighted by atomic mass is 9.71. The van der Waals surface area contributed by atoms with E-state index in [1.807, 2.05) is 75.7 Å². The molecule has 3 aromatic carbocycles. The number of hydrogen-bond donors (Lipinski definition) is 5. The molecule has 0 bridgehead atoms. The van der Waals surface area contributed by atoms with Crippen molar-refractivity contribution in [2.45, 2.75) is 91.0 Å². The average Bonchev–Trinajstić information content (AvgIpc) is 3.97. The van der Waals surface area contributed by atoms with Crippen LogP contribution in [0.2, 0.25) is 5.02 Å². The predicted octanol–water partition coefficient (Wildman–Crippen LogP) is 7.34. The third-order valence-electron chi connectivity index (χ3n) is 14.6. The Balaban J connectivity index is 0.807. The second kappa shape index (κ2) is 22.8. The van der Waals surface area contributed by atoms with Crippen molar-refractivity contribution in [2.24, 2.45) is 10.8 Å². The Hall–Kier alpha value is -6.06. The highest BCUT2D eigenvalue weighted by Gasteiger charge is 2.43. The molecule has 3 fully saturated rings. The lowest BCUT2D eigenvalue weighted by molar-refractivity contribution is -0.141. The highest BCUT2D eigenvalue weighted by atomic mass is 35.5. The molecule has 3 aliphatic heterocycles. The van der Waals surface area contributed by atoms with Crippen LogP contribution >= 0.6 is 22.9 Å². The second-order valence-electron chi connectivity index (χ2n) is 20.9. The van der Waals surface area contributed by atoms with Crippen LogP contribution in [-0.2, 0) is 31.0 Å². The summed E-state index contributed by atoms with van der Waals surface area (Å²) in [5.74, 6) is 0.434. The number of aliphatic hydroxyl groups is 1. The quantitative estimate of drug-likeness (QED) is 0.0617. The van der Waals surface area contributed by atoms with E-state index in [4.69, 9.17) is 16.3 Å². The summed E-state index contributed by atoms with van der Waals surface area (Å²) < 4.78 is 31.6. The maximum atomic E-state index is 14.3. The normalized spacial score (nSPS) is 18.4. The first kappa shape index (κ1) is 54.2. The van der Waals surface area contributed by atoms with Crippen molar-refractivity contribution in [3.63, 3.8) is 0 Å². The number of para-hydroxylation sites is 2. The summed E-state index contributed by atoms with van der Waals surface area (Å²) in [4.78, 5) is 61.8. The number of thiazole rings is 1. The summed E-state index contributed by atoms with van der Waals surface area (Å²) in [6, 6.07) is 19.6. The Morgan fingerprint density at radius 2 is 1.66 bits per heavy atom. The molecule has 3 saturated heterocycles. The Bertz CT molecular complexity index is 2920. The van der Waals surface area contributed by atoms with Crippen molar-refractivity contribution >= 4 is 85.2 Å². The topological polar surface area (TPSA) is 215 Å². The minimum Gasteiger partial charge on any atom is -0.494 e. The van der Waals surface area contributed by atoms with Gasteiger partial charge in [0.2, 0.25) is 33.7 Å². The van der Waals surface area contributed by atoms with E-state index in [0.29, 0.717) is 29.4 Å². The van der Waals surface area contributed by atoms with Crippen molar-refractivity contribution < 1.29 is 32.6 Å². The minimum absolute atomic E-state index is 0.0488. The number of amides is 3. The van der Waals surface area contributed by atoms with Crippen molar-refractivity contribution in [3.05, 3.63) is 94.7 Å². The molecule has 3 aliphatic rings. The molecule has 5 heterocycles. The highest BCUT2D eigenvalue weighted by molar-refractivity contribution is 7.92. The van der Waals surface area contributed by atoms with Gasteiger partial charge in [-0.15, -0.1) is 11.3 Å². The summed E-state index contributed by atoms with van der Waals surface area (Å²) in [6.45, 7) is 11.6. The Morgan fingerprint density at radius 3 is 2.32 bits per heavy atom. The summed E-state index contributed by atoms with van der Waals surface area (Å²) in [5.41, 5.74) is 6.99. The fourth-order valence-corrected chi connectivity index (χ4v) is 11.6. The van der Waals surface area contributed by atoms with Crippen LogP contribution < -0.4 is 35.2 Å². The van der Waals surface area contributed by atoms with Crippen molar-refractivity contribution in [1.29, 1.82) is 0 Å². The van der Waals surface area contributed by atoms with Gasteiger partial charge in [0, 0.05) is 57.4 Å². The molecule has 1 spiro atoms. The van der Waals surface area contributed by atoms with Crippen molar-refractivity contribution in [3.8, 4) is 16.2 Å². The Morgan fingerprint density at radius 1 is 0.959 bits per heavy atom. The second-order valence-corrected chi connectivity index (χ2v) is 24.2. The SMILES string of the molecule is COc1cc(N2CCC3(CCN(CC(=O)N[C@H](C(=O)N4C[C@H](O)C[C@@H]4CC(=O)NCc4ccc(-c5scnc5C)cc4)C(C)(C)C)CC3)CC2)ccc1Nc1ncc(Cl)c(Nc2ccccc2N(C)S(C)(=O)=O)n1. The largest absolute Gasteiger partial charge is 0.494 e. The number of halogens is 1. The Labute approximate surface area is 443 Å². The molecule has 0 saturated carbocycles. The minimum atomic E-state index is -3.52. The standard InChI is InChI=1S/C53H68ClN11O7S2/c1-34-47(73-33-57-34)36-14-12-35(13-15-36)29-55-45(67)28-38-26-39(66)31-65(38)50(69)48(52(2,3)4)60-46(68)32-63-22-18-53(19-23-63)20-24-64(25-21-53)37-16-17-42(44(27-37)72-6)59-51-56-30-40(54)49(61-51)58-41-10-8-9-11-43(41)62(5)74(7,70)71/h8-17,27,30,33,38-39,48,66H,18-26,28-29,31-32H2,1-7H3,(H,55,67)(H,60,68)(H2,56,58,59,61)/t38-,39-,48-/m1/s1. The number of aliphatic hydroxyl groups excluding tert-OH is 1. The number of rotatable bonds is 17. The first-order valence-electron chi connectivity index (χ1n) is 25.0. The lowest BCUT2D eigenvalue weighted by Crippen LogP contribution is -2.58. The van der Waals surface area contributed by atoms with Gasteiger partial charge in [-0.3, -0.25) is 23.6 Å². The number of hydrogen-bond acceptors (Lipinski definition) is 15. The molecule has 0 unspecified atom stereocenters. The number of nitrogens with zero attached hydrogens (tertiary/aromatic N) is 7. The molecule has 74 heavy (non-hydrogen) atoms. The van der Waals surface area contributed by atoms with Gasteiger partial charge >= 0.3 is 0 Å². The number of piperidine rings is 2. The van der Waals surface area contributed by atoms with Crippen LogP contribution in [0.1, 0.15) is 70.6 Å². The van der Waals surface area contributed by atoms with Gasteiger partial charge in [-0.25, -0.2) is 18.4 Å². The molecule has 0 aliphatic carbocycles. The number of benzene rings is 3. The van der Waals surface area contributed by atoms with Crippen molar-refractivity contribution in [2.75, 3.05) is 79.5 Å². The van der Waals surface area contributed by atoms with Crippen LogP contribution in [0.5, 0.6) is 5.75 Å². The van der Waals surface area contributed by atoms with Crippen LogP contribution in [0.25, 0.3) is 10.4 Å². The van der Waals surface area contributed by atoms with E-state index in [2.05, 4.69) is 46.0 Å². The van der Waals surface area contributed by atoms with Gasteiger partial charge in [0.15, 0.2) is 5.82 Å². The van der Waals surface area contributed by atoms with Gasteiger partial charge in [-0.1, -0.05) is 68.8 Å². The summed E-state index contributed by atoms with van der Waals surface area (Å²) in [6.07, 6.45) is 6.12. The molecule has 5 aromatic rings. The van der Waals surface area contributed by atoms with Crippen LogP contribution in [0.3, 0.4) is 0 Å². The molecule has 21 heteroatoms. The predicted molar refractivity (Wildman–Crippen MR) is 292 cm³/mol. The number of carbonyl (C=O) groups is 3.